The lowest BCUT2D eigenvalue weighted by Crippen LogP contribution is -2.32. The standard InChI is InChI=1S/C13H17ClFNO2/c1-18-6-2-3-12(16)13(17)7-9-4-5-10(14)8-11(9)15/h4-5,8,12H,2-3,6-7,16H2,1H3. The lowest BCUT2D eigenvalue weighted by molar-refractivity contribution is -0.119. The lowest BCUT2D eigenvalue weighted by atomic mass is 10.0. The maximum atomic E-state index is 13.5. The van der Waals surface area contributed by atoms with Gasteiger partial charge in [0.05, 0.1) is 6.04 Å². The Hall–Kier alpha value is -0.970. The van der Waals surface area contributed by atoms with E-state index in [1.165, 1.54) is 12.1 Å². The van der Waals surface area contributed by atoms with Crippen LogP contribution in [0.1, 0.15) is 18.4 Å². The highest BCUT2D eigenvalue weighted by Gasteiger charge is 2.15. The summed E-state index contributed by atoms with van der Waals surface area (Å²) in [5, 5.41) is 0.313. The SMILES string of the molecule is COCCCC(N)C(=O)Cc1ccc(Cl)cc1F. The fourth-order valence-electron chi connectivity index (χ4n) is 1.59. The summed E-state index contributed by atoms with van der Waals surface area (Å²) in [6, 6.07) is 3.69. The van der Waals surface area contributed by atoms with Crippen molar-refractivity contribution in [2.75, 3.05) is 13.7 Å². The predicted molar refractivity (Wildman–Crippen MR) is 69.2 cm³/mol. The highest BCUT2D eigenvalue weighted by atomic mass is 35.5. The Morgan fingerprint density at radius 3 is 2.89 bits per heavy atom. The molecular weight excluding hydrogens is 257 g/mol. The Morgan fingerprint density at radius 2 is 2.28 bits per heavy atom. The number of hydrogen-bond acceptors (Lipinski definition) is 3. The molecule has 0 heterocycles. The molecule has 1 rings (SSSR count). The molecule has 0 bridgehead atoms. The van der Waals surface area contributed by atoms with E-state index in [1.54, 1.807) is 13.2 Å². The van der Waals surface area contributed by atoms with E-state index >= 15 is 0 Å². The van der Waals surface area contributed by atoms with Gasteiger partial charge in [-0.05, 0) is 30.5 Å². The predicted octanol–water partition coefficient (Wildman–Crippen LogP) is 2.34. The van der Waals surface area contributed by atoms with E-state index in [0.29, 0.717) is 30.0 Å². The monoisotopic (exact) mass is 273 g/mol. The third kappa shape index (κ3) is 4.72. The van der Waals surface area contributed by atoms with Crippen LogP contribution < -0.4 is 5.73 Å². The molecule has 0 aliphatic carbocycles. The number of carbonyl (C=O) groups excluding carboxylic acids is 1. The van der Waals surface area contributed by atoms with Crippen LogP contribution in [0.2, 0.25) is 5.02 Å². The number of methoxy groups -OCH3 is 1. The zero-order chi connectivity index (χ0) is 13.5. The summed E-state index contributed by atoms with van der Waals surface area (Å²) in [7, 11) is 1.59. The largest absolute Gasteiger partial charge is 0.385 e. The third-order valence-corrected chi connectivity index (χ3v) is 2.89. The summed E-state index contributed by atoms with van der Waals surface area (Å²) in [5.41, 5.74) is 6.06. The van der Waals surface area contributed by atoms with E-state index in [1.807, 2.05) is 0 Å². The summed E-state index contributed by atoms with van der Waals surface area (Å²) in [4.78, 5) is 11.8. The van der Waals surface area contributed by atoms with Gasteiger partial charge in [-0.15, -0.1) is 0 Å². The number of rotatable bonds is 7. The Morgan fingerprint density at radius 1 is 1.56 bits per heavy atom. The molecule has 2 N–H and O–H groups in total. The van der Waals surface area contributed by atoms with Crippen molar-refractivity contribution in [1.29, 1.82) is 0 Å². The zero-order valence-electron chi connectivity index (χ0n) is 10.3. The zero-order valence-corrected chi connectivity index (χ0v) is 11.0. The quantitative estimate of drug-likeness (QED) is 0.776. The molecule has 0 fully saturated rings. The van der Waals surface area contributed by atoms with E-state index in [4.69, 9.17) is 22.1 Å². The highest BCUT2D eigenvalue weighted by molar-refractivity contribution is 6.30. The van der Waals surface area contributed by atoms with Crippen LogP contribution in [0.5, 0.6) is 0 Å². The summed E-state index contributed by atoms with van der Waals surface area (Å²) in [6.07, 6.45) is 1.26. The van der Waals surface area contributed by atoms with E-state index < -0.39 is 11.9 Å². The van der Waals surface area contributed by atoms with Crippen molar-refractivity contribution < 1.29 is 13.9 Å². The van der Waals surface area contributed by atoms with Crippen LogP contribution in [0.3, 0.4) is 0 Å². The molecule has 1 aromatic rings. The van der Waals surface area contributed by atoms with Crippen molar-refractivity contribution in [3.63, 3.8) is 0 Å². The van der Waals surface area contributed by atoms with Gasteiger partial charge in [-0.2, -0.15) is 0 Å². The Balaban J connectivity index is 2.53. The molecule has 0 aromatic heterocycles. The minimum atomic E-state index is -0.574. The van der Waals surface area contributed by atoms with Gasteiger partial charge in [0.25, 0.3) is 0 Å². The van der Waals surface area contributed by atoms with E-state index in [-0.39, 0.29) is 12.2 Å². The number of halogens is 2. The molecule has 1 atom stereocenters. The van der Waals surface area contributed by atoms with Gasteiger partial charge in [0.15, 0.2) is 5.78 Å². The molecule has 18 heavy (non-hydrogen) atoms. The van der Waals surface area contributed by atoms with Crippen LogP contribution in [-0.4, -0.2) is 25.5 Å². The second-order valence-electron chi connectivity index (χ2n) is 4.12. The summed E-state index contributed by atoms with van der Waals surface area (Å²) >= 11 is 5.64. The lowest BCUT2D eigenvalue weighted by Gasteiger charge is -2.10. The summed E-state index contributed by atoms with van der Waals surface area (Å²) in [6.45, 7) is 0.566. The van der Waals surface area contributed by atoms with Gasteiger partial charge < -0.3 is 10.5 Å². The third-order valence-electron chi connectivity index (χ3n) is 2.66. The van der Waals surface area contributed by atoms with Crippen LogP contribution in [0.15, 0.2) is 18.2 Å². The molecule has 0 aliphatic heterocycles. The van der Waals surface area contributed by atoms with Crippen molar-refractivity contribution in [1.82, 2.24) is 0 Å². The molecule has 0 spiro atoms. The van der Waals surface area contributed by atoms with Crippen molar-refractivity contribution in [2.45, 2.75) is 25.3 Å². The summed E-state index contributed by atoms with van der Waals surface area (Å²) in [5.74, 6) is -0.646. The Labute approximate surface area is 111 Å². The van der Waals surface area contributed by atoms with Crippen LogP contribution in [0.4, 0.5) is 4.39 Å². The number of benzene rings is 1. The molecular formula is C13H17ClFNO2. The average molecular weight is 274 g/mol. The topological polar surface area (TPSA) is 52.3 Å². The molecule has 0 amide bonds. The van der Waals surface area contributed by atoms with Crippen LogP contribution in [0, 0.1) is 5.82 Å². The maximum Gasteiger partial charge on any atom is 0.153 e. The number of Topliss-reactive ketones (excluding diaryl/α,β-unsaturated/α-hetero) is 1. The van der Waals surface area contributed by atoms with Gasteiger partial charge in [-0.1, -0.05) is 17.7 Å². The van der Waals surface area contributed by atoms with E-state index in [9.17, 15) is 9.18 Å². The molecule has 0 saturated carbocycles. The van der Waals surface area contributed by atoms with Crippen molar-refractivity contribution >= 4 is 17.4 Å². The van der Waals surface area contributed by atoms with Gasteiger partial charge in [-0.25, -0.2) is 4.39 Å². The van der Waals surface area contributed by atoms with Gasteiger partial charge in [0.1, 0.15) is 5.82 Å². The molecule has 0 radical (unpaired) electrons. The number of nitrogens with two attached hydrogens (primary N) is 1. The van der Waals surface area contributed by atoms with Gasteiger partial charge in [-0.3, -0.25) is 4.79 Å². The number of ether oxygens (including phenoxy) is 1. The highest BCUT2D eigenvalue weighted by Crippen LogP contribution is 2.15. The molecule has 5 heteroatoms. The van der Waals surface area contributed by atoms with Crippen LogP contribution >= 0.6 is 11.6 Å². The Kier molecular flexibility index (Phi) is 6.25. The normalized spacial score (nSPS) is 12.4. The number of ketones is 1. The van der Waals surface area contributed by atoms with Gasteiger partial charge >= 0.3 is 0 Å². The molecule has 3 nitrogen and oxygen atoms in total. The number of carbonyl (C=O) groups is 1. The first kappa shape index (κ1) is 15.1. The van der Waals surface area contributed by atoms with Crippen LogP contribution in [0.25, 0.3) is 0 Å². The fourth-order valence-corrected chi connectivity index (χ4v) is 1.75. The molecule has 0 aliphatic rings. The molecule has 0 saturated heterocycles. The van der Waals surface area contributed by atoms with Crippen molar-refractivity contribution in [2.24, 2.45) is 5.73 Å². The minimum Gasteiger partial charge on any atom is -0.385 e. The number of hydrogen-bond donors (Lipinski definition) is 1. The molecule has 1 unspecified atom stereocenters. The van der Waals surface area contributed by atoms with Crippen molar-refractivity contribution in [3.8, 4) is 0 Å². The van der Waals surface area contributed by atoms with Crippen molar-refractivity contribution in [3.05, 3.63) is 34.6 Å². The molecule has 1 aromatic carbocycles. The second-order valence-corrected chi connectivity index (χ2v) is 4.56. The second kappa shape index (κ2) is 7.46. The first-order valence-corrected chi connectivity index (χ1v) is 6.13. The van der Waals surface area contributed by atoms with E-state index in [2.05, 4.69) is 0 Å². The van der Waals surface area contributed by atoms with Gasteiger partial charge in [0, 0.05) is 25.2 Å². The van der Waals surface area contributed by atoms with E-state index in [0.717, 1.165) is 0 Å². The van der Waals surface area contributed by atoms with Gasteiger partial charge in [0.2, 0.25) is 0 Å². The Bertz CT molecular complexity index is 412. The van der Waals surface area contributed by atoms with Crippen LogP contribution in [-0.2, 0) is 16.0 Å². The summed E-state index contributed by atoms with van der Waals surface area (Å²) < 4.78 is 18.4. The first-order valence-electron chi connectivity index (χ1n) is 5.75. The maximum absolute atomic E-state index is 13.5. The minimum absolute atomic E-state index is 0.00283. The molecule has 100 valence electrons. The fraction of sp³-hybridized carbons (Fsp3) is 0.462. The first-order chi connectivity index (χ1) is 8.54. The average Bonchev–Trinajstić information content (AvgIpc) is 2.32. The smallest absolute Gasteiger partial charge is 0.153 e.